The van der Waals surface area contributed by atoms with Gasteiger partial charge in [0.15, 0.2) is 0 Å². The number of halogens is 2. The predicted octanol–water partition coefficient (Wildman–Crippen LogP) is 4.70. The van der Waals surface area contributed by atoms with Crippen LogP contribution in [0.15, 0.2) is 54.7 Å². The van der Waals surface area contributed by atoms with Crippen LogP contribution in [0.4, 0.5) is 20.3 Å². The molecular formula is C31H30F2N4O3. The molecule has 2 aliphatic heterocycles. The fraction of sp³-hybridized carbons (Fsp3) is 0.355. The van der Waals surface area contributed by atoms with Crippen LogP contribution in [-0.2, 0) is 32.6 Å². The third-order valence-electron chi connectivity index (χ3n) is 8.76. The first-order valence-corrected chi connectivity index (χ1v) is 13.4. The molecule has 1 N–H and O–H groups in total. The summed E-state index contributed by atoms with van der Waals surface area (Å²) in [7, 11) is 1.65. The lowest BCUT2D eigenvalue weighted by molar-refractivity contribution is -0.150. The summed E-state index contributed by atoms with van der Waals surface area (Å²) < 4.78 is 28.1. The van der Waals surface area contributed by atoms with Crippen molar-refractivity contribution in [3.63, 3.8) is 0 Å². The molecule has 3 amide bonds. The Hall–Kier alpha value is -4.14. The Labute approximate surface area is 231 Å². The molecule has 40 heavy (non-hydrogen) atoms. The van der Waals surface area contributed by atoms with E-state index in [0.717, 1.165) is 22.8 Å². The Morgan fingerprint density at radius 1 is 1.07 bits per heavy atom. The number of rotatable bonds is 4. The second kappa shape index (κ2) is 9.21. The van der Waals surface area contributed by atoms with Gasteiger partial charge in [0.25, 0.3) is 0 Å². The van der Waals surface area contributed by atoms with E-state index in [1.807, 2.05) is 44.2 Å². The molecule has 1 aromatic heterocycles. The molecular weight excluding hydrogens is 514 g/mol. The highest BCUT2D eigenvalue weighted by molar-refractivity contribution is 6.06. The highest BCUT2D eigenvalue weighted by atomic mass is 19.1. The smallest absolute Gasteiger partial charge is 0.246 e. The number of amides is 3. The Bertz CT molecular complexity index is 1550. The van der Waals surface area contributed by atoms with Gasteiger partial charge in [-0.25, -0.2) is 13.8 Å². The van der Waals surface area contributed by atoms with E-state index >= 15 is 0 Å². The first kappa shape index (κ1) is 26.1. The van der Waals surface area contributed by atoms with Crippen molar-refractivity contribution in [1.29, 1.82) is 0 Å². The van der Waals surface area contributed by atoms with Crippen LogP contribution in [0, 0.1) is 17.0 Å². The van der Waals surface area contributed by atoms with E-state index in [-0.39, 0.29) is 24.3 Å². The molecule has 2 unspecified atom stereocenters. The van der Waals surface area contributed by atoms with Crippen molar-refractivity contribution >= 4 is 29.2 Å². The maximum Gasteiger partial charge on any atom is 0.246 e. The number of pyridine rings is 1. The molecule has 2 atom stereocenters. The van der Waals surface area contributed by atoms with E-state index in [9.17, 15) is 23.2 Å². The molecule has 206 valence electrons. The zero-order valence-corrected chi connectivity index (χ0v) is 22.6. The number of carbonyl (C=O) groups excluding carboxylic acids is 3. The van der Waals surface area contributed by atoms with Crippen LogP contribution in [0.2, 0.25) is 0 Å². The zero-order valence-electron chi connectivity index (χ0n) is 22.6. The number of piperidine rings is 1. The van der Waals surface area contributed by atoms with Crippen LogP contribution in [0.5, 0.6) is 0 Å². The summed E-state index contributed by atoms with van der Waals surface area (Å²) in [6.07, 6.45) is 3.72. The van der Waals surface area contributed by atoms with Gasteiger partial charge >= 0.3 is 0 Å². The number of benzene rings is 2. The molecule has 0 bridgehead atoms. The summed E-state index contributed by atoms with van der Waals surface area (Å²) in [6.45, 7) is 3.41. The number of hydrogen-bond donors (Lipinski definition) is 1. The van der Waals surface area contributed by atoms with E-state index in [1.54, 1.807) is 13.2 Å². The van der Waals surface area contributed by atoms with E-state index in [0.29, 0.717) is 42.8 Å². The minimum atomic E-state index is -0.721. The average molecular weight is 545 g/mol. The molecule has 0 radical (unpaired) electrons. The normalized spacial score (nSPS) is 22.7. The number of fused-ring (bicyclic) bond motifs is 3. The van der Waals surface area contributed by atoms with Crippen LogP contribution in [0.25, 0.3) is 0 Å². The van der Waals surface area contributed by atoms with Crippen LogP contribution >= 0.6 is 0 Å². The van der Waals surface area contributed by atoms with Crippen LogP contribution in [0.1, 0.15) is 55.0 Å². The van der Waals surface area contributed by atoms with Gasteiger partial charge in [0.05, 0.1) is 11.5 Å². The summed E-state index contributed by atoms with van der Waals surface area (Å²) in [5.41, 5.74) is 2.47. The molecule has 3 aromatic rings. The zero-order chi connectivity index (χ0) is 28.4. The van der Waals surface area contributed by atoms with Crippen molar-refractivity contribution in [2.75, 3.05) is 23.8 Å². The highest BCUT2D eigenvalue weighted by Crippen LogP contribution is 2.47. The summed E-state index contributed by atoms with van der Waals surface area (Å²) >= 11 is 0. The lowest BCUT2D eigenvalue weighted by Gasteiger charge is -2.43. The number of likely N-dealkylation sites (N-methyl/N-ethyl adjacent to an activating group) is 1. The lowest BCUT2D eigenvalue weighted by atomic mass is 9.78. The van der Waals surface area contributed by atoms with Crippen molar-refractivity contribution in [2.24, 2.45) is 5.41 Å². The molecule has 9 heteroatoms. The Morgan fingerprint density at radius 2 is 1.80 bits per heavy atom. The fourth-order valence-corrected chi connectivity index (χ4v) is 6.44. The number of nitrogens with one attached hydrogen (secondary N) is 1. The summed E-state index contributed by atoms with van der Waals surface area (Å²) in [4.78, 5) is 47.3. The minimum Gasteiger partial charge on any atom is -0.326 e. The summed E-state index contributed by atoms with van der Waals surface area (Å²) in [5, 5.41) is 2.90. The second-order valence-electron chi connectivity index (χ2n) is 11.8. The van der Waals surface area contributed by atoms with Crippen LogP contribution < -0.4 is 10.2 Å². The van der Waals surface area contributed by atoms with Gasteiger partial charge in [0.1, 0.15) is 24.0 Å². The van der Waals surface area contributed by atoms with Gasteiger partial charge in [-0.05, 0) is 72.7 Å². The van der Waals surface area contributed by atoms with Crippen molar-refractivity contribution < 1.29 is 23.2 Å². The Kier molecular flexibility index (Phi) is 6.01. The molecule has 0 saturated carbocycles. The SMILES string of the molecule is CN(C(=O)CN1C(=O)C(C)(C)CCC1c1cc(F)cc(F)c1)c1ccc2c(c1)CC1(C2)C(=O)Nc2ncccc21. The van der Waals surface area contributed by atoms with Gasteiger partial charge in [-0.1, -0.05) is 26.0 Å². The van der Waals surface area contributed by atoms with Crippen molar-refractivity contribution in [1.82, 2.24) is 9.88 Å². The molecule has 1 saturated heterocycles. The summed E-state index contributed by atoms with van der Waals surface area (Å²) in [6, 6.07) is 12.1. The number of likely N-dealkylation sites (tertiary alicyclic amines) is 1. The van der Waals surface area contributed by atoms with Crippen LogP contribution in [-0.4, -0.2) is 41.2 Å². The third-order valence-corrected chi connectivity index (χ3v) is 8.76. The molecule has 1 fully saturated rings. The molecule has 3 heterocycles. The maximum atomic E-state index is 14.0. The Balaban J connectivity index is 1.25. The van der Waals surface area contributed by atoms with E-state index in [1.165, 1.54) is 21.9 Å². The molecule has 1 aliphatic carbocycles. The molecule has 3 aliphatic rings. The van der Waals surface area contributed by atoms with Crippen molar-refractivity contribution in [2.45, 2.75) is 51.0 Å². The largest absolute Gasteiger partial charge is 0.326 e. The number of aromatic nitrogens is 1. The number of anilines is 2. The van der Waals surface area contributed by atoms with Crippen molar-refractivity contribution in [3.05, 3.63) is 88.6 Å². The van der Waals surface area contributed by atoms with Gasteiger partial charge in [-0.15, -0.1) is 0 Å². The van der Waals surface area contributed by atoms with Gasteiger partial charge < -0.3 is 15.1 Å². The number of hydrogen-bond acceptors (Lipinski definition) is 4. The van der Waals surface area contributed by atoms with Crippen molar-refractivity contribution in [3.8, 4) is 0 Å². The monoisotopic (exact) mass is 544 g/mol. The van der Waals surface area contributed by atoms with Gasteiger partial charge in [-0.3, -0.25) is 14.4 Å². The average Bonchev–Trinajstić information content (AvgIpc) is 3.42. The van der Waals surface area contributed by atoms with Gasteiger partial charge in [-0.2, -0.15) is 0 Å². The van der Waals surface area contributed by atoms with Gasteiger partial charge in [0.2, 0.25) is 17.7 Å². The number of nitrogens with zero attached hydrogens (tertiary/aromatic N) is 3. The first-order valence-electron chi connectivity index (χ1n) is 13.4. The second-order valence-corrected chi connectivity index (χ2v) is 11.8. The standard InChI is InChI=1S/C31H30F2N4O3/c1-30(2)9-8-25(19-11-21(32)14-22(33)12-19)37(29(30)40)17-26(38)36(3)23-7-6-18-15-31(16-20(18)13-23)24-5-4-10-34-27(24)35-28(31)39/h4-7,10-14,25H,8-9,15-17H2,1-3H3,(H,34,35,39). The first-order chi connectivity index (χ1) is 19.0. The molecule has 6 rings (SSSR count). The third kappa shape index (κ3) is 4.15. The molecule has 7 nitrogen and oxygen atoms in total. The quantitative estimate of drug-likeness (QED) is 0.516. The van der Waals surface area contributed by atoms with E-state index < -0.39 is 28.5 Å². The molecule has 2 aromatic carbocycles. The highest BCUT2D eigenvalue weighted by Gasteiger charge is 2.51. The van der Waals surface area contributed by atoms with E-state index in [4.69, 9.17) is 0 Å². The number of carbonyl (C=O) groups is 3. The minimum absolute atomic E-state index is 0.0746. The maximum absolute atomic E-state index is 14.0. The van der Waals surface area contributed by atoms with Gasteiger partial charge in [0, 0.05) is 36.0 Å². The molecule has 1 spiro atoms. The topological polar surface area (TPSA) is 82.6 Å². The Morgan fingerprint density at radius 3 is 2.55 bits per heavy atom. The predicted molar refractivity (Wildman–Crippen MR) is 146 cm³/mol. The lowest BCUT2D eigenvalue weighted by Crippen LogP contribution is -2.51. The summed E-state index contributed by atoms with van der Waals surface area (Å²) in [5.74, 6) is -1.48. The van der Waals surface area contributed by atoms with Crippen LogP contribution in [0.3, 0.4) is 0 Å². The van der Waals surface area contributed by atoms with E-state index in [2.05, 4.69) is 10.3 Å². The fourth-order valence-electron chi connectivity index (χ4n) is 6.44.